The molecule has 134 valence electrons. The molecule has 0 aliphatic carbocycles. The first-order valence-corrected chi connectivity index (χ1v) is 8.60. The Balaban J connectivity index is 2.06. The third-order valence-electron chi connectivity index (χ3n) is 4.35. The number of rotatable bonds is 3. The van der Waals surface area contributed by atoms with Crippen LogP contribution in [0.3, 0.4) is 0 Å². The van der Waals surface area contributed by atoms with Crippen LogP contribution in [0.4, 0.5) is 11.4 Å². The van der Waals surface area contributed by atoms with Gasteiger partial charge in [-0.2, -0.15) is 0 Å². The highest BCUT2D eigenvalue weighted by molar-refractivity contribution is 6.34. The Hall–Kier alpha value is -3.35. The average Bonchev–Trinajstić information content (AvgIpc) is 2.69. The summed E-state index contributed by atoms with van der Waals surface area (Å²) in [5, 5.41) is 1.19. The second kappa shape index (κ2) is 6.75. The second-order valence-electron chi connectivity index (χ2n) is 6.07. The van der Waals surface area contributed by atoms with E-state index in [2.05, 4.69) is 10.4 Å². The maximum atomic E-state index is 11.7. The van der Waals surface area contributed by atoms with Crippen LogP contribution < -0.4 is 22.6 Å². The smallest absolute Gasteiger partial charge is 0.249 e. The third-order valence-corrected chi connectivity index (χ3v) is 4.66. The van der Waals surface area contributed by atoms with Gasteiger partial charge in [0.15, 0.2) is 0 Å². The van der Waals surface area contributed by atoms with Crippen LogP contribution in [0.1, 0.15) is 0 Å². The first kappa shape index (κ1) is 17.1. The maximum absolute atomic E-state index is 11.7. The lowest BCUT2D eigenvalue weighted by Gasteiger charge is -2.14. The largest absolute Gasteiger partial charge is 0.396 e. The third kappa shape index (κ3) is 3.12. The number of hydrogen-bond acceptors (Lipinski definition) is 5. The zero-order valence-corrected chi connectivity index (χ0v) is 14.9. The lowest BCUT2D eigenvalue weighted by molar-refractivity contribution is 1.23. The molecule has 7 heteroatoms. The van der Waals surface area contributed by atoms with Gasteiger partial charge < -0.3 is 16.1 Å². The number of nitrogens with one attached hydrogen (secondary N) is 2. The molecule has 0 aliphatic rings. The van der Waals surface area contributed by atoms with E-state index in [9.17, 15) is 4.79 Å². The van der Waals surface area contributed by atoms with Gasteiger partial charge in [0.05, 0.1) is 22.1 Å². The first-order valence-electron chi connectivity index (χ1n) is 8.22. The quantitative estimate of drug-likeness (QED) is 0.247. The standard InChI is InChI=1S/C20H16ClN5O/c21-15-9-13(10-16(26-23)18(15)22)14-8-12-6-7-17(27)24-20(12)25-19(14)11-4-2-1-3-5-11/h1-10,26H,22-23H2,(H,24,25,27). The molecule has 2 heterocycles. The summed E-state index contributed by atoms with van der Waals surface area (Å²) in [4.78, 5) is 19.2. The maximum Gasteiger partial charge on any atom is 0.249 e. The number of pyridine rings is 2. The van der Waals surface area contributed by atoms with Gasteiger partial charge in [-0.25, -0.2) is 4.98 Å². The van der Waals surface area contributed by atoms with Crippen molar-refractivity contribution in [2.75, 3.05) is 11.2 Å². The number of benzene rings is 2. The van der Waals surface area contributed by atoms with Gasteiger partial charge in [0.1, 0.15) is 5.65 Å². The Morgan fingerprint density at radius 1 is 1.00 bits per heavy atom. The fraction of sp³-hybridized carbons (Fsp3) is 0. The van der Waals surface area contributed by atoms with Gasteiger partial charge in [-0.15, -0.1) is 0 Å². The fourth-order valence-electron chi connectivity index (χ4n) is 3.01. The number of nitrogens with two attached hydrogens (primary N) is 2. The van der Waals surface area contributed by atoms with Crippen LogP contribution in [-0.4, -0.2) is 9.97 Å². The zero-order chi connectivity index (χ0) is 19.0. The molecule has 6 nitrogen and oxygen atoms in total. The van der Waals surface area contributed by atoms with Crippen molar-refractivity contribution < 1.29 is 0 Å². The first-order chi connectivity index (χ1) is 13.1. The molecule has 0 spiro atoms. The van der Waals surface area contributed by atoms with Crippen molar-refractivity contribution in [2.45, 2.75) is 0 Å². The Kier molecular flexibility index (Phi) is 4.27. The molecule has 0 radical (unpaired) electrons. The average molecular weight is 378 g/mol. The molecule has 0 atom stereocenters. The highest BCUT2D eigenvalue weighted by atomic mass is 35.5. The van der Waals surface area contributed by atoms with Crippen molar-refractivity contribution in [1.29, 1.82) is 0 Å². The highest BCUT2D eigenvalue weighted by Crippen LogP contribution is 2.38. The van der Waals surface area contributed by atoms with E-state index in [4.69, 9.17) is 28.2 Å². The van der Waals surface area contributed by atoms with Crippen molar-refractivity contribution in [3.8, 4) is 22.4 Å². The summed E-state index contributed by atoms with van der Waals surface area (Å²) < 4.78 is 0. The van der Waals surface area contributed by atoms with Gasteiger partial charge in [0.25, 0.3) is 0 Å². The molecule has 0 saturated heterocycles. The number of halogens is 1. The van der Waals surface area contributed by atoms with Crippen LogP contribution >= 0.6 is 11.6 Å². The number of nitrogens with zero attached hydrogens (tertiary/aromatic N) is 1. The molecule has 0 unspecified atom stereocenters. The molecule has 2 aromatic carbocycles. The predicted octanol–water partition coefficient (Wildman–Crippen LogP) is 3.78. The highest BCUT2D eigenvalue weighted by Gasteiger charge is 2.15. The van der Waals surface area contributed by atoms with Crippen molar-refractivity contribution >= 4 is 34.0 Å². The number of anilines is 2. The van der Waals surface area contributed by atoms with Crippen molar-refractivity contribution in [3.05, 3.63) is 76.0 Å². The minimum absolute atomic E-state index is 0.202. The molecule has 27 heavy (non-hydrogen) atoms. The summed E-state index contributed by atoms with van der Waals surface area (Å²) >= 11 is 6.30. The molecule has 0 aliphatic heterocycles. The van der Waals surface area contributed by atoms with Crippen LogP contribution in [0.5, 0.6) is 0 Å². The summed E-state index contributed by atoms with van der Waals surface area (Å²) in [5.74, 6) is 5.58. The molecule has 0 bridgehead atoms. The molecule has 0 saturated carbocycles. The lowest BCUT2D eigenvalue weighted by atomic mass is 9.97. The minimum Gasteiger partial charge on any atom is -0.396 e. The van der Waals surface area contributed by atoms with Crippen LogP contribution in [-0.2, 0) is 0 Å². The number of aromatic nitrogens is 2. The Morgan fingerprint density at radius 2 is 1.78 bits per heavy atom. The van der Waals surface area contributed by atoms with E-state index < -0.39 is 0 Å². The van der Waals surface area contributed by atoms with Crippen molar-refractivity contribution in [1.82, 2.24) is 9.97 Å². The second-order valence-corrected chi connectivity index (χ2v) is 6.48. The van der Waals surface area contributed by atoms with Crippen molar-refractivity contribution in [2.24, 2.45) is 5.84 Å². The van der Waals surface area contributed by atoms with E-state index in [0.717, 1.165) is 22.1 Å². The van der Waals surface area contributed by atoms with E-state index in [1.165, 1.54) is 6.07 Å². The zero-order valence-electron chi connectivity index (χ0n) is 14.2. The van der Waals surface area contributed by atoms with Gasteiger partial charge in [-0.05, 0) is 29.8 Å². The Bertz CT molecular complexity index is 1200. The van der Waals surface area contributed by atoms with E-state index in [1.807, 2.05) is 42.5 Å². The normalized spacial score (nSPS) is 10.9. The molecule has 6 N–H and O–H groups in total. The number of hydrazine groups is 1. The monoisotopic (exact) mass is 377 g/mol. The van der Waals surface area contributed by atoms with E-state index in [-0.39, 0.29) is 5.56 Å². The molecule has 4 aromatic rings. The molecular weight excluding hydrogens is 362 g/mol. The topological polar surface area (TPSA) is 110 Å². The van der Waals surface area contributed by atoms with E-state index in [0.29, 0.717) is 27.7 Å². The Morgan fingerprint density at radius 3 is 2.52 bits per heavy atom. The van der Waals surface area contributed by atoms with Gasteiger partial charge in [0.2, 0.25) is 5.56 Å². The summed E-state index contributed by atoms with van der Waals surface area (Å²) in [7, 11) is 0. The summed E-state index contributed by atoms with van der Waals surface area (Å²) in [6.07, 6.45) is 0. The van der Waals surface area contributed by atoms with Crippen molar-refractivity contribution in [3.63, 3.8) is 0 Å². The summed E-state index contributed by atoms with van der Waals surface area (Å²) in [6.45, 7) is 0. The van der Waals surface area contributed by atoms with Gasteiger partial charge >= 0.3 is 0 Å². The van der Waals surface area contributed by atoms with Crippen LogP contribution in [0.2, 0.25) is 5.02 Å². The molecular formula is C20H16ClN5O. The van der Waals surface area contributed by atoms with E-state index in [1.54, 1.807) is 12.1 Å². The molecule has 4 rings (SSSR count). The van der Waals surface area contributed by atoms with E-state index >= 15 is 0 Å². The predicted molar refractivity (Wildman–Crippen MR) is 110 cm³/mol. The van der Waals surface area contributed by atoms with Gasteiger partial charge in [-0.1, -0.05) is 41.9 Å². The van der Waals surface area contributed by atoms with Crippen LogP contribution in [0, 0.1) is 0 Å². The SMILES string of the molecule is NNc1cc(-c2cc3ccc(=O)[nH]c3nc2-c2ccccc2)cc(Cl)c1N. The number of hydrogen-bond donors (Lipinski definition) is 4. The fourth-order valence-corrected chi connectivity index (χ4v) is 3.23. The Labute approximate surface area is 159 Å². The molecule has 0 fully saturated rings. The number of H-pyrrole nitrogens is 1. The van der Waals surface area contributed by atoms with Gasteiger partial charge in [-0.3, -0.25) is 10.6 Å². The summed E-state index contributed by atoms with van der Waals surface area (Å²) in [5.41, 5.74) is 13.0. The molecule has 2 aromatic heterocycles. The van der Waals surface area contributed by atoms with Gasteiger partial charge in [0, 0.05) is 22.6 Å². The number of aromatic amines is 1. The lowest BCUT2D eigenvalue weighted by Crippen LogP contribution is -2.09. The molecule has 0 amide bonds. The minimum atomic E-state index is -0.202. The van der Waals surface area contributed by atoms with Crippen LogP contribution in [0.25, 0.3) is 33.4 Å². The number of nitrogen functional groups attached to an aromatic ring is 2. The summed E-state index contributed by atoms with van der Waals surface area (Å²) in [6, 6.07) is 18.5. The number of fused-ring (bicyclic) bond motifs is 1. The van der Waals surface area contributed by atoms with Crippen LogP contribution in [0.15, 0.2) is 65.5 Å².